The largest absolute Gasteiger partial charge is 0.493 e. The quantitative estimate of drug-likeness (QED) is 0.723. The number of esters is 1. The standard InChI is InChI=1S/C19H21NO5/c1-23-16-10-9-15(11-17(16)24-2)19(22)20(13-18(21)25-3)12-14-7-5-4-6-8-14/h4-11H,12-13H2,1-3H3. The first-order valence-electron chi connectivity index (χ1n) is 7.71. The van der Waals surface area contributed by atoms with Gasteiger partial charge in [0.15, 0.2) is 11.5 Å². The minimum Gasteiger partial charge on any atom is -0.493 e. The third-order valence-electron chi connectivity index (χ3n) is 3.68. The second-order valence-corrected chi connectivity index (χ2v) is 5.29. The van der Waals surface area contributed by atoms with Crippen molar-refractivity contribution in [2.24, 2.45) is 0 Å². The van der Waals surface area contributed by atoms with E-state index in [4.69, 9.17) is 14.2 Å². The van der Waals surface area contributed by atoms with Crippen molar-refractivity contribution in [1.29, 1.82) is 0 Å². The van der Waals surface area contributed by atoms with Crippen molar-refractivity contribution in [2.45, 2.75) is 6.54 Å². The Morgan fingerprint density at radius 1 is 0.920 bits per heavy atom. The van der Waals surface area contributed by atoms with Gasteiger partial charge in [0.1, 0.15) is 6.54 Å². The molecule has 0 saturated carbocycles. The lowest BCUT2D eigenvalue weighted by atomic mass is 10.1. The maximum Gasteiger partial charge on any atom is 0.325 e. The van der Waals surface area contributed by atoms with E-state index in [1.807, 2.05) is 30.3 Å². The number of hydrogen-bond donors (Lipinski definition) is 0. The number of carbonyl (C=O) groups is 2. The molecule has 0 radical (unpaired) electrons. The predicted octanol–water partition coefficient (Wildman–Crippen LogP) is 2.52. The lowest BCUT2D eigenvalue weighted by Gasteiger charge is -2.22. The smallest absolute Gasteiger partial charge is 0.325 e. The minimum atomic E-state index is -0.482. The van der Waals surface area contributed by atoms with Gasteiger partial charge < -0.3 is 19.1 Å². The summed E-state index contributed by atoms with van der Waals surface area (Å²) in [5, 5.41) is 0. The number of nitrogens with zero attached hydrogens (tertiary/aromatic N) is 1. The van der Waals surface area contributed by atoms with Crippen molar-refractivity contribution in [1.82, 2.24) is 4.90 Å². The molecule has 0 unspecified atom stereocenters. The second-order valence-electron chi connectivity index (χ2n) is 5.29. The first kappa shape index (κ1) is 18.3. The number of methoxy groups -OCH3 is 3. The van der Waals surface area contributed by atoms with Gasteiger partial charge in [-0.1, -0.05) is 30.3 Å². The van der Waals surface area contributed by atoms with Crippen LogP contribution in [0.4, 0.5) is 0 Å². The average molecular weight is 343 g/mol. The van der Waals surface area contributed by atoms with Gasteiger partial charge in [-0.25, -0.2) is 0 Å². The number of carbonyl (C=O) groups excluding carboxylic acids is 2. The summed E-state index contributed by atoms with van der Waals surface area (Å²) in [5.41, 5.74) is 1.32. The molecule has 25 heavy (non-hydrogen) atoms. The highest BCUT2D eigenvalue weighted by molar-refractivity contribution is 5.96. The molecule has 2 rings (SSSR count). The summed E-state index contributed by atoms with van der Waals surface area (Å²) >= 11 is 0. The van der Waals surface area contributed by atoms with Crippen LogP contribution < -0.4 is 9.47 Å². The van der Waals surface area contributed by atoms with Gasteiger partial charge in [0.25, 0.3) is 5.91 Å². The first-order valence-corrected chi connectivity index (χ1v) is 7.71. The fourth-order valence-electron chi connectivity index (χ4n) is 2.38. The molecule has 0 N–H and O–H groups in total. The molecule has 2 aromatic carbocycles. The molecule has 0 aromatic heterocycles. The van der Waals surface area contributed by atoms with Crippen LogP contribution in [-0.2, 0) is 16.1 Å². The Bertz CT molecular complexity index is 730. The topological polar surface area (TPSA) is 65.1 Å². The summed E-state index contributed by atoms with van der Waals surface area (Å²) in [6, 6.07) is 14.3. The zero-order valence-corrected chi connectivity index (χ0v) is 14.5. The molecule has 6 nitrogen and oxygen atoms in total. The molecule has 0 heterocycles. The van der Waals surface area contributed by atoms with Crippen molar-refractivity contribution >= 4 is 11.9 Å². The van der Waals surface area contributed by atoms with Gasteiger partial charge >= 0.3 is 5.97 Å². The first-order chi connectivity index (χ1) is 12.1. The number of amides is 1. The van der Waals surface area contributed by atoms with Crippen LogP contribution in [0.2, 0.25) is 0 Å². The van der Waals surface area contributed by atoms with E-state index < -0.39 is 5.97 Å². The van der Waals surface area contributed by atoms with Gasteiger partial charge in [-0.05, 0) is 23.8 Å². The van der Waals surface area contributed by atoms with Crippen LogP contribution in [0.5, 0.6) is 11.5 Å². The third kappa shape index (κ3) is 4.73. The fraction of sp³-hybridized carbons (Fsp3) is 0.263. The van der Waals surface area contributed by atoms with Crippen molar-refractivity contribution in [2.75, 3.05) is 27.9 Å². The van der Waals surface area contributed by atoms with Gasteiger partial charge in [0.2, 0.25) is 0 Å². The van der Waals surface area contributed by atoms with Crippen LogP contribution in [0, 0.1) is 0 Å². The highest BCUT2D eigenvalue weighted by Gasteiger charge is 2.21. The molecule has 0 bridgehead atoms. The molecule has 0 saturated heterocycles. The highest BCUT2D eigenvalue weighted by Crippen LogP contribution is 2.28. The number of rotatable bonds is 7. The fourth-order valence-corrected chi connectivity index (χ4v) is 2.38. The summed E-state index contributed by atoms with van der Waals surface area (Å²) in [7, 11) is 4.32. The second kappa shape index (κ2) is 8.73. The Morgan fingerprint density at radius 2 is 1.60 bits per heavy atom. The summed E-state index contributed by atoms with van der Waals surface area (Å²) in [6.45, 7) is 0.154. The van der Waals surface area contributed by atoms with E-state index in [-0.39, 0.29) is 12.5 Å². The van der Waals surface area contributed by atoms with Crippen molar-refractivity contribution in [3.8, 4) is 11.5 Å². The summed E-state index contributed by atoms with van der Waals surface area (Å²) in [6.07, 6.45) is 0. The molecule has 0 aliphatic carbocycles. The van der Waals surface area contributed by atoms with E-state index in [0.29, 0.717) is 23.6 Å². The molecule has 0 spiro atoms. The van der Waals surface area contributed by atoms with Crippen LogP contribution in [0.15, 0.2) is 48.5 Å². The number of hydrogen-bond acceptors (Lipinski definition) is 5. The normalized spacial score (nSPS) is 10.0. The van der Waals surface area contributed by atoms with Gasteiger partial charge in [-0.15, -0.1) is 0 Å². The summed E-state index contributed by atoms with van der Waals surface area (Å²) < 4.78 is 15.1. The van der Waals surface area contributed by atoms with E-state index in [2.05, 4.69) is 0 Å². The molecular formula is C19H21NO5. The average Bonchev–Trinajstić information content (AvgIpc) is 2.66. The molecule has 1 amide bonds. The van der Waals surface area contributed by atoms with Crippen molar-refractivity contribution < 1.29 is 23.8 Å². The molecule has 2 aromatic rings. The lowest BCUT2D eigenvalue weighted by Crippen LogP contribution is -2.35. The minimum absolute atomic E-state index is 0.140. The molecular weight excluding hydrogens is 322 g/mol. The Morgan fingerprint density at radius 3 is 2.20 bits per heavy atom. The van der Waals surface area contributed by atoms with Gasteiger partial charge in [-0.2, -0.15) is 0 Å². The Labute approximate surface area is 146 Å². The Hall–Kier alpha value is -3.02. The summed E-state index contributed by atoms with van der Waals surface area (Å²) in [4.78, 5) is 26.0. The van der Waals surface area contributed by atoms with Gasteiger partial charge in [-0.3, -0.25) is 9.59 Å². The monoisotopic (exact) mass is 343 g/mol. The molecule has 0 aliphatic heterocycles. The number of benzene rings is 2. The van der Waals surface area contributed by atoms with Crippen LogP contribution in [0.3, 0.4) is 0 Å². The van der Waals surface area contributed by atoms with E-state index in [0.717, 1.165) is 5.56 Å². The summed E-state index contributed by atoms with van der Waals surface area (Å²) in [5.74, 6) is 0.202. The van der Waals surface area contributed by atoms with Crippen LogP contribution in [0.25, 0.3) is 0 Å². The maximum atomic E-state index is 12.9. The zero-order valence-electron chi connectivity index (χ0n) is 14.5. The molecule has 0 atom stereocenters. The van der Waals surface area contributed by atoms with E-state index >= 15 is 0 Å². The van der Waals surface area contributed by atoms with Gasteiger partial charge in [0, 0.05) is 12.1 Å². The van der Waals surface area contributed by atoms with Crippen LogP contribution in [-0.4, -0.2) is 44.7 Å². The molecule has 0 fully saturated rings. The van der Waals surface area contributed by atoms with E-state index in [1.165, 1.54) is 26.2 Å². The number of ether oxygens (including phenoxy) is 3. The van der Waals surface area contributed by atoms with E-state index in [1.54, 1.807) is 18.2 Å². The van der Waals surface area contributed by atoms with Gasteiger partial charge in [0.05, 0.1) is 21.3 Å². The third-order valence-corrected chi connectivity index (χ3v) is 3.68. The SMILES string of the molecule is COC(=O)CN(Cc1ccccc1)C(=O)c1ccc(OC)c(OC)c1. The van der Waals surface area contributed by atoms with Crippen LogP contribution in [0.1, 0.15) is 15.9 Å². The predicted molar refractivity (Wildman–Crippen MR) is 92.7 cm³/mol. The van der Waals surface area contributed by atoms with E-state index in [9.17, 15) is 9.59 Å². The highest BCUT2D eigenvalue weighted by atomic mass is 16.5. The van der Waals surface area contributed by atoms with Crippen LogP contribution >= 0.6 is 0 Å². The Balaban J connectivity index is 2.29. The molecule has 0 aliphatic rings. The van der Waals surface area contributed by atoms with Crippen molar-refractivity contribution in [3.05, 3.63) is 59.7 Å². The zero-order chi connectivity index (χ0) is 18.2. The molecule has 6 heteroatoms. The van der Waals surface area contributed by atoms with Crippen molar-refractivity contribution in [3.63, 3.8) is 0 Å². The Kier molecular flexibility index (Phi) is 6.39. The lowest BCUT2D eigenvalue weighted by molar-refractivity contribution is -0.141. The molecule has 132 valence electrons. The maximum absolute atomic E-state index is 12.9.